The fraction of sp³-hybridized carbons (Fsp3) is 0.235. The molecule has 0 amide bonds. The monoisotopic (exact) mass is 419 g/mol. The first-order valence-electron chi connectivity index (χ1n) is 8.00. The number of aliphatic imine (C=N–C) groups is 1. The Morgan fingerprint density at radius 3 is 2.41 bits per heavy atom. The van der Waals surface area contributed by atoms with Gasteiger partial charge in [-0.1, -0.05) is 0 Å². The van der Waals surface area contributed by atoms with E-state index in [1.165, 1.54) is 24.3 Å². The molecule has 0 bridgehead atoms. The zero-order valence-corrected chi connectivity index (χ0v) is 14.5. The Kier molecular flexibility index (Phi) is 5.80. The Balaban J connectivity index is 1.68. The van der Waals surface area contributed by atoms with Gasteiger partial charge in [-0.2, -0.15) is 8.78 Å². The van der Waals surface area contributed by atoms with E-state index in [0.717, 1.165) is 12.1 Å². The van der Waals surface area contributed by atoms with Crippen LogP contribution in [-0.4, -0.2) is 25.7 Å². The molecule has 12 heteroatoms. The van der Waals surface area contributed by atoms with Gasteiger partial charge < -0.3 is 30.0 Å². The normalized spacial score (nSPS) is 13.5. The van der Waals surface area contributed by atoms with Crippen LogP contribution in [0, 0.1) is 0 Å². The lowest BCUT2D eigenvalue weighted by atomic mass is 10.1. The number of alkyl halides is 5. The van der Waals surface area contributed by atoms with Gasteiger partial charge in [0, 0.05) is 17.3 Å². The van der Waals surface area contributed by atoms with Crippen LogP contribution in [0.1, 0.15) is 5.56 Å². The van der Waals surface area contributed by atoms with Crippen LogP contribution in [0.2, 0.25) is 0 Å². The van der Waals surface area contributed by atoms with Crippen molar-refractivity contribution in [2.45, 2.75) is 19.5 Å². The van der Waals surface area contributed by atoms with Gasteiger partial charge in [-0.3, -0.25) is 0 Å². The van der Waals surface area contributed by atoms with Crippen LogP contribution in [0.15, 0.2) is 41.4 Å². The number of hydrogen-bond donors (Lipinski definition) is 2. The standard InChI is InChI=1S/C17H14F5N3O4/c18-15(19)28-12-6-14-13(26-8-27-14)5-9(12)7-24-16(23)25-10-1-3-11(4-2-10)29-17(20,21)22/h1-6,15H,7-8H2,(H3,23,24,25). The summed E-state index contributed by atoms with van der Waals surface area (Å²) >= 11 is 0. The number of nitrogens with zero attached hydrogens (tertiary/aromatic N) is 1. The molecule has 2 aromatic carbocycles. The third kappa shape index (κ3) is 5.77. The fourth-order valence-corrected chi connectivity index (χ4v) is 2.39. The van der Waals surface area contributed by atoms with Gasteiger partial charge in [-0.15, -0.1) is 13.2 Å². The molecule has 7 nitrogen and oxygen atoms in total. The molecule has 0 aliphatic carbocycles. The largest absolute Gasteiger partial charge is 0.573 e. The van der Waals surface area contributed by atoms with E-state index in [4.69, 9.17) is 15.2 Å². The van der Waals surface area contributed by atoms with E-state index in [2.05, 4.69) is 19.8 Å². The Bertz CT molecular complexity index is 888. The van der Waals surface area contributed by atoms with Crippen molar-refractivity contribution in [2.75, 3.05) is 12.1 Å². The molecule has 29 heavy (non-hydrogen) atoms. The van der Waals surface area contributed by atoms with Crippen molar-refractivity contribution in [1.82, 2.24) is 0 Å². The average molecular weight is 419 g/mol. The molecule has 1 heterocycles. The summed E-state index contributed by atoms with van der Waals surface area (Å²) in [7, 11) is 0. The molecule has 0 saturated carbocycles. The second-order valence-electron chi connectivity index (χ2n) is 5.59. The van der Waals surface area contributed by atoms with Crippen molar-refractivity contribution in [1.29, 1.82) is 0 Å². The Labute approximate surface area is 160 Å². The first-order chi connectivity index (χ1) is 13.7. The summed E-state index contributed by atoms with van der Waals surface area (Å²) in [6, 6.07) is 7.50. The molecule has 0 unspecified atom stereocenters. The third-order valence-electron chi connectivity index (χ3n) is 3.55. The molecule has 3 rings (SSSR count). The Morgan fingerprint density at radius 2 is 1.79 bits per heavy atom. The molecule has 156 valence electrons. The topological polar surface area (TPSA) is 87.3 Å². The van der Waals surface area contributed by atoms with E-state index < -0.39 is 18.7 Å². The number of anilines is 1. The summed E-state index contributed by atoms with van der Waals surface area (Å²) in [5.74, 6) is -0.0263. The molecule has 1 aliphatic heterocycles. The quantitative estimate of drug-likeness (QED) is 0.420. The molecule has 0 fully saturated rings. The van der Waals surface area contributed by atoms with E-state index in [1.807, 2.05) is 0 Å². The van der Waals surface area contributed by atoms with Gasteiger partial charge >= 0.3 is 13.0 Å². The van der Waals surface area contributed by atoms with E-state index in [0.29, 0.717) is 11.4 Å². The highest BCUT2D eigenvalue weighted by molar-refractivity contribution is 5.92. The lowest BCUT2D eigenvalue weighted by Crippen LogP contribution is -2.22. The summed E-state index contributed by atoms with van der Waals surface area (Å²) in [5.41, 5.74) is 6.35. The summed E-state index contributed by atoms with van der Waals surface area (Å²) in [4.78, 5) is 4.02. The predicted molar refractivity (Wildman–Crippen MR) is 91.3 cm³/mol. The van der Waals surface area contributed by atoms with E-state index >= 15 is 0 Å². The van der Waals surface area contributed by atoms with Crippen LogP contribution in [0.3, 0.4) is 0 Å². The number of rotatable bonds is 6. The van der Waals surface area contributed by atoms with Crippen molar-refractivity contribution in [3.8, 4) is 23.0 Å². The maximum absolute atomic E-state index is 12.6. The predicted octanol–water partition coefficient (Wildman–Crippen LogP) is 3.84. The third-order valence-corrected chi connectivity index (χ3v) is 3.55. The van der Waals surface area contributed by atoms with Crippen molar-refractivity contribution >= 4 is 11.6 Å². The van der Waals surface area contributed by atoms with Crippen LogP contribution < -0.4 is 30.0 Å². The smallest absolute Gasteiger partial charge is 0.454 e. The van der Waals surface area contributed by atoms with E-state index in [-0.39, 0.29) is 36.4 Å². The molecule has 0 saturated heterocycles. The van der Waals surface area contributed by atoms with Gasteiger partial charge in [-0.05, 0) is 30.3 Å². The van der Waals surface area contributed by atoms with Gasteiger partial charge in [0.05, 0.1) is 6.54 Å². The molecular weight excluding hydrogens is 405 g/mol. The van der Waals surface area contributed by atoms with Crippen molar-refractivity contribution < 1.29 is 40.9 Å². The molecule has 0 aromatic heterocycles. The summed E-state index contributed by atoms with van der Waals surface area (Å²) in [5, 5.41) is 2.66. The molecule has 1 aliphatic rings. The van der Waals surface area contributed by atoms with Crippen molar-refractivity contribution in [3.63, 3.8) is 0 Å². The van der Waals surface area contributed by atoms with Crippen LogP contribution in [-0.2, 0) is 6.54 Å². The highest BCUT2D eigenvalue weighted by atomic mass is 19.4. The highest BCUT2D eigenvalue weighted by Gasteiger charge is 2.31. The van der Waals surface area contributed by atoms with Gasteiger partial charge in [-0.25, -0.2) is 4.99 Å². The van der Waals surface area contributed by atoms with Gasteiger partial charge in [0.15, 0.2) is 17.5 Å². The first kappa shape index (κ1) is 20.3. The number of fused-ring (bicyclic) bond motifs is 1. The minimum Gasteiger partial charge on any atom is -0.454 e. The lowest BCUT2D eigenvalue weighted by molar-refractivity contribution is -0.274. The van der Waals surface area contributed by atoms with Crippen LogP contribution in [0.4, 0.5) is 27.6 Å². The lowest BCUT2D eigenvalue weighted by Gasteiger charge is -2.12. The molecule has 0 spiro atoms. The van der Waals surface area contributed by atoms with Crippen LogP contribution >= 0.6 is 0 Å². The van der Waals surface area contributed by atoms with Crippen molar-refractivity contribution in [2.24, 2.45) is 10.7 Å². The maximum atomic E-state index is 12.6. The molecule has 0 atom stereocenters. The van der Waals surface area contributed by atoms with Crippen LogP contribution in [0.25, 0.3) is 0 Å². The number of hydrogen-bond acceptors (Lipinski definition) is 5. The average Bonchev–Trinajstić information content (AvgIpc) is 3.07. The number of benzene rings is 2. The number of halogens is 5. The maximum Gasteiger partial charge on any atom is 0.573 e. The molecule has 2 aromatic rings. The van der Waals surface area contributed by atoms with Gasteiger partial charge in [0.2, 0.25) is 6.79 Å². The zero-order chi connectivity index (χ0) is 21.0. The number of guanidine groups is 1. The zero-order valence-electron chi connectivity index (χ0n) is 14.5. The van der Waals surface area contributed by atoms with E-state index in [1.54, 1.807) is 0 Å². The van der Waals surface area contributed by atoms with Gasteiger partial charge in [0.1, 0.15) is 11.5 Å². The molecule has 0 radical (unpaired) electrons. The SMILES string of the molecule is NC(=NCc1cc2c(cc1OC(F)F)OCO2)Nc1ccc(OC(F)(F)F)cc1. The minimum absolute atomic E-state index is 0.0477. The fourth-order valence-electron chi connectivity index (χ4n) is 2.39. The Morgan fingerprint density at radius 1 is 1.14 bits per heavy atom. The van der Waals surface area contributed by atoms with Crippen molar-refractivity contribution in [3.05, 3.63) is 42.0 Å². The number of ether oxygens (including phenoxy) is 4. The molecular formula is C17H14F5N3O4. The minimum atomic E-state index is -4.79. The van der Waals surface area contributed by atoms with Crippen LogP contribution in [0.5, 0.6) is 23.0 Å². The number of nitrogens with one attached hydrogen (secondary N) is 1. The highest BCUT2D eigenvalue weighted by Crippen LogP contribution is 2.39. The summed E-state index contributed by atoms with van der Waals surface area (Å²) < 4.78 is 80.3. The second kappa shape index (κ2) is 8.29. The van der Waals surface area contributed by atoms with E-state index in [9.17, 15) is 22.0 Å². The molecule has 3 N–H and O–H groups in total. The number of nitrogens with two attached hydrogens (primary N) is 1. The van der Waals surface area contributed by atoms with Gasteiger partial charge in [0.25, 0.3) is 0 Å². The summed E-state index contributed by atoms with van der Waals surface area (Å²) in [6.45, 7) is -3.23. The first-order valence-corrected chi connectivity index (χ1v) is 8.00. The second-order valence-corrected chi connectivity index (χ2v) is 5.59. The Hall–Kier alpha value is -3.44. The summed E-state index contributed by atoms with van der Waals surface area (Å²) in [6.07, 6.45) is -4.79.